The SMILES string of the molecule is CCCCC/C=C\C/C=C\CCCCCCCCCC(=O)OCCCCCCCCCCCCCCC(=O)NC(CO)C(O)CCCCCCCCCCCCCCCCCCCCCC. The van der Waals surface area contributed by atoms with Crippen molar-refractivity contribution in [3.8, 4) is 0 Å². The molecule has 0 aliphatic rings. The number of amides is 1. The van der Waals surface area contributed by atoms with E-state index in [4.69, 9.17) is 4.74 Å². The number of unbranched alkanes of at least 4 members (excludes halogenated alkanes) is 40. The summed E-state index contributed by atoms with van der Waals surface area (Å²) in [5.74, 6) is -0.0644. The molecule has 0 aliphatic carbocycles. The normalized spacial score (nSPS) is 12.7. The average molecular weight is 931 g/mol. The molecular formula is C60H115NO5. The van der Waals surface area contributed by atoms with Crippen LogP contribution in [0, 0.1) is 0 Å². The number of aliphatic hydroxyl groups excluding tert-OH is 2. The fourth-order valence-electron chi connectivity index (χ4n) is 9.20. The lowest BCUT2D eigenvalue weighted by molar-refractivity contribution is -0.143. The Hall–Kier alpha value is -1.66. The average Bonchev–Trinajstić information content (AvgIpc) is 3.32. The third kappa shape index (κ3) is 51.7. The van der Waals surface area contributed by atoms with E-state index in [9.17, 15) is 19.8 Å². The maximum atomic E-state index is 12.5. The van der Waals surface area contributed by atoms with E-state index in [1.165, 1.54) is 225 Å². The zero-order valence-electron chi connectivity index (χ0n) is 44.4. The van der Waals surface area contributed by atoms with Gasteiger partial charge in [0.15, 0.2) is 0 Å². The molecule has 0 spiro atoms. The minimum Gasteiger partial charge on any atom is -0.466 e. The van der Waals surface area contributed by atoms with E-state index in [2.05, 4.69) is 43.5 Å². The summed E-state index contributed by atoms with van der Waals surface area (Å²) in [6, 6.07) is -0.554. The van der Waals surface area contributed by atoms with Crippen molar-refractivity contribution in [1.29, 1.82) is 0 Å². The molecule has 6 nitrogen and oxygen atoms in total. The minimum atomic E-state index is -0.676. The molecule has 6 heteroatoms. The zero-order chi connectivity index (χ0) is 47.9. The van der Waals surface area contributed by atoms with Gasteiger partial charge >= 0.3 is 5.97 Å². The smallest absolute Gasteiger partial charge is 0.305 e. The van der Waals surface area contributed by atoms with Crippen LogP contribution in [0.4, 0.5) is 0 Å². The van der Waals surface area contributed by atoms with Gasteiger partial charge in [-0.2, -0.15) is 0 Å². The Kier molecular flexibility index (Phi) is 54.5. The van der Waals surface area contributed by atoms with Gasteiger partial charge in [0.05, 0.1) is 25.4 Å². The lowest BCUT2D eigenvalue weighted by Gasteiger charge is -2.22. The minimum absolute atomic E-state index is 0.0161. The Labute approximate surface area is 411 Å². The van der Waals surface area contributed by atoms with Crippen molar-refractivity contribution in [3.63, 3.8) is 0 Å². The Bertz CT molecular complexity index is 1030. The second kappa shape index (κ2) is 55.9. The molecule has 0 aromatic rings. The lowest BCUT2D eigenvalue weighted by Crippen LogP contribution is -2.45. The number of ether oxygens (including phenoxy) is 1. The van der Waals surface area contributed by atoms with Crippen LogP contribution in [0.2, 0.25) is 0 Å². The maximum absolute atomic E-state index is 12.5. The summed E-state index contributed by atoms with van der Waals surface area (Å²) in [6.07, 6.45) is 67.3. The molecule has 0 fully saturated rings. The highest BCUT2D eigenvalue weighted by atomic mass is 16.5. The predicted molar refractivity (Wildman–Crippen MR) is 287 cm³/mol. The number of carbonyl (C=O) groups is 2. The summed E-state index contributed by atoms with van der Waals surface area (Å²) in [5.41, 5.74) is 0. The van der Waals surface area contributed by atoms with Crippen molar-refractivity contribution in [3.05, 3.63) is 24.3 Å². The summed E-state index contributed by atoms with van der Waals surface area (Å²) in [5, 5.41) is 23.3. The van der Waals surface area contributed by atoms with Gasteiger partial charge in [-0.3, -0.25) is 9.59 Å². The molecule has 2 atom stereocenters. The molecule has 0 saturated carbocycles. The number of hydrogen-bond donors (Lipinski definition) is 3. The topological polar surface area (TPSA) is 95.9 Å². The van der Waals surface area contributed by atoms with Crippen molar-refractivity contribution in [2.75, 3.05) is 13.2 Å². The Morgan fingerprint density at radius 1 is 0.424 bits per heavy atom. The molecule has 3 N–H and O–H groups in total. The fourth-order valence-corrected chi connectivity index (χ4v) is 9.20. The van der Waals surface area contributed by atoms with E-state index in [-0.39, 0.29) is 18.5 Å². The van der Waals surface area contributed by atoms with Crippen LogP contribution in [0.3, 0.4) is 0 Å². The number of nitrogens with one attached hydrogen (secondary N) is 1. The summed E-state index contributed by atoms with van der Waals surface area (Å²) >= 11 is 0. The molecule has 390 valence electrons. The zero-order valence-corrected chi connectivity index (χ0v) is 44.4. The molecule has 0 bridgehead atoms. The summed E-state index contributed by atoms with van der Waals surface area (Å²) in [4.78, 5) is 24.6. The van der Waals surface area contributed by atoms with Crippen LogP contribution in [0.15, 0.2) is 24.3 Å². The summed E-state index contributed by atoms with van der Waals surface area (Å²) in [6.45, 7) is 4.91. The van der Waals surface area contributed by atoms with Crippen LogP contribution in [-0.2, 0) is 14.3 Å². The summed E-state index contributed by atoms with van der Waals surface area (Å²) < 4.78 is 5.47. The third-order valence-electron chi connectivity index (χ3n) is 13.8. The molecule has 0 rings (SSSR count). The quantitative estimate of drug-likeness (QED) is 0.0321. The van der Waals surface area contributed by atoms with E-state index in [1.54, 1.807) is 0 Å². The molecule has 0 heterocycles. The molecule has 1 amide bonds. The van der Waals surface area contributed by atoms with Crippen molar-refractivity contribution >= 4 is 11.9 Å². The molecule has 0 aromatic carbocycles. The van der Waals surface area contributed by atoms with E-state index in [0.29, 0.717) is 25.9 Å². The molecule has 66 heavy (non-hydrogen) atoms. The van der Waals surface area contributed by atoms with Gasteiger partial charge in [-0.05, 0) is 57.8 Å². The monoisotopic (exact) mass is 930 g/mol. The van der Waals surface area contributed by atoms with Crippen LogP contribution in [0.25, 0.3) is 0 Å². The molecule has 0 aromatic heterocycles. The maximum Gasteiger partial charge on any atom is 0.305 e. The molecule has 2 unspecified atom stereocenters. The molecule has 0 saturated heterocycles. The Morgan fingerprint density at radius 3 is 1.18 bits per heavy atom. The first-order valence-corrected chi connectivity index (χ1v) is 29.6. The Morgan fingerprint density at radius 2 is 0.758 bits per heavy atom. The van der Waals surface area contributed by atoms with Crippen molar-refractivity contribution in [2.24, 2.45) is 0 Å². The van der Waals surface area contributed by atoms with Crippen molar-refractivity contribution in [1.82, 2.24) is 5.32 Å². The van der Waals surface area contributed by atoms with Gasteiger partial charge < -0.3 is 20.3 Å². The van der Waals surface area contributed by atoms with E-state index < -0.39 is 12.1 Å². The lowest BCUT2D eigenvalue weighted by atomic mass is 10.0. The van der Waals surface area contributed by atoms with Gasteiger partial charge in [-0.15, -0.1) is 0 Å². The molecule has 0 aliphatic heterocycles. The second-order valence-electron chi connectivity index (χ2n) is 20.3. The second-order valence-corrected chi connectivity index (χ2v) is 20.3. The number of aliphatic hydroxyl groups is 2. The Balaban J connectivity index is 3.45. The largest absolute Gasteiger partial charge is 0.466 e. The highest BCUT2D eigenvalue weighted by Gasteiger charge is 2.20. The van der Waals surface area contributed by atoms with Crippen LogP contribution in [0.5, 0.6) is 0 Å². The highest BCUT2D eigenvalue weighted by molar-refractivity contribution is 5.76. The number of hydrogen-bond acceptors (Lipinski definition) is 5. The number of esters is 1. The van der Waals surface area contributed by atoms with Gasteiger partial charge in [0.25, 0.3) is 0 Å². The summed E-state index contributed by atoms with van der Waals surface area (Å²) in [7, 11) is 0. The van der Waals surface area contributed by atoms with Gasteiger partial charge in [-0.1, -0.05) is 276 Å². The fraction of sp³-hybridized carbons (Fsp3) is 0.900. The van der Waals surface area contributed by atoms with E-state index >= 15 is 0 Å². The predicted octanol–water partition coefficient (Wildman–Crippen LogP) is 18.2. The third-order valence-corrected chi connectivity index (χ3v) is 13.8. The van der Waals surface area contributed by atoms with Gasteiger partial charge in [0.1, 0.15) is 0 Å². The van der Waals surface area contributed by atoms with Crippen LogP contribution >= 0.6 is 0 Å². The molecular weight excluding hydrogens is 815 g/mol. The van der Waals surface area contributed by atoms with Gasteiger partial charge in [0.2, 0.25) is 5.91 Å². The van der Waals surface area contributed by atoms with Crippen LogP contribution < -0.4 is 5.32 Å². The number of carbonyl (C=O) groups excluding carboxylic acids is 2. The van der Waals surface area contributed by atoms with Crippen LogP contribution in [0.1, 0.15) is 322 Å². The van der Waals surface area contributed by atoms with Gasteiger partial charge in [0, 0.05) is 12.8 Å². The van der Waals surface area contributed by atoms with Crippen LogP contribution in [-0.4, -0.2) is 47.4 Å². The van der Waals surface area contributed by atoms with Gasteiger partial charge in [-0.25, -0.2) is 0 Å². The van der Waals surface area contributed by atoms with E-state index in [0.717, 1.165) is 64.2 Å². The first-order chi connectivity index (χ1) is 32.5. The van der Waals surface area contributed by atoms with Crippen molar-refractivity contribution < 1.29 is 24.5 Å². The van der Waals surface area contributed by atoms with E-state index in [1.807, 2.05) is 0 Å². The standard InChI is InChI=1S/C60H115NO5/c1-3-5-7-9-11-13-15-17-19-21-22-23-25-26-28-32-36-40-44-48-52-58(63)57(56-62)61-59(64)53-49-45-41-37-33-30-31-35-39-43-47-51-55-66-60(65)54-50-46-42-38-34-29-27-24-20-18-16-14-12-10-8-6-4-2/h12,14,18,20,57-58,62-63H,3-11,13,15-17,19,21-56H2,1-2H3,(H,61,64)/b14-12-,20-18-. The molecule has 0 radical (unpaired) electrons. The van der Waals surface area contributed by atoms with Crippen molar-refractivity contribution in [2.45, 2.75) is 334 Å². The number of rotatable bonds is 55. The highest BCUT2D eigenvalue weighted by Crippen LogP contribution is 2.17. The first kappa shape index (κ1) is 64.3. The first-order valence-electron chi connectivity index (χ1n) is 29.6. The number of allylic oxidation sites excluding steroid dienone is 4.